The van der Waals surface area contributed by atoms with Crippen molar-refractivity contribution in [1.82, 2.24) is 10.3 Å². The first kappa shape index (κ1) is 4.39. The molecule has 0 atom stereocenters. The monoisotopic (exact) mass is 100 g/mol. The molecule has 1 aliphatic rings. The summed E-state index contributed by atoms with van der Waals surface area (Å²) < 4.78 is 0. The number of nitrogens with two attached hydrogens (primary N) is 1. The molecule has 1 fully saturated rings. The Morgan fingerprint density at radius 3 is 2.71 bits per heavy atom. The standard InChI is InChI=1S/C3H6N3O/c4-6-2-1-5-3(6)7/h1-2,4H2. The summed E-state index contributed by atoms with van der Waals surface area (Å²) in [6.07, 6.45) is 0. The highest BCUT2D eigenvalue weighted by Crippen LogP contribution is 1.87. The summed E-state index contributed by atoms with van der Waals surface area (Å²) in [4.78, 5) is 10.2. The molecule has 0 saturated carbocycles. The van der Waals surface area contributed by atoms with Crippen LogP contribution in [0.2, 0.25) is 0 Å². The van der Waals surface area contributed by atoms with Gasteiger partial charge in [0.25, 0.3) is 0 Å². The van der Waals surface area contributed by atoms with E-state index in [0.29, 0.717) is 13.1 Å². The average molecular weight is 100 g/mol. The quantitative estimate of drug-likeness (QED) is 0.310. The number of hydrogen-bond donors (Lipinski definition) is 1. The molecule has 0 aliphatic carbocycles. The number of hydrogen-bond acceptors (Lipinski definition) is 2. The van der Waals surface area contributed by atoms with Crippen LogP contribution < -0.4 is 11.2 Å². The number of hydrazine groups is 1. The van der Waals surface area contributed by atoms with Gasteiger partial charge in [-0.3, -0.25) is 5.01 Å². The summed E-state index contributed by atoms with van der Waals surface area (Å²) in [5.74, 6) is 5.07. The number of amides is 2. The van der Waals surface area contributed by atoms with Gasteiger partial charge in [-0.15, -0.1) is 0 Å². The molecule has 1 saturated heterocycles. The summed E-state index contributed by atoms with van der Waals surface area (Å²) >= 11 is 0. The second kappa shape index (κ2) is 1.38. The third-order valence-corrected chi connectivity index (χ3v) is 0.834. The lowest BCUT2D eigenvalue weighted by molar-refractivity contribution is 0.218. The number of urea groups is 1. The number of rotatable bonds is 0. The molecule has 2 amide bonds. The molecule has 39 valence electrons. The van der Waals surface area contributed by atoms with Crippen LogP contribution in [0, 0.1) is 0 Å². The summed E-state index contributed by atoms with van der Waals surface area (Å²) in [5.41, 5.74) is 0. The molecule has 0 aromatic carbocycles. The fourth-order valence-corrected chi connectivity index (χ4v) is 0.440. The van der Waals surface area contributed by atoms with E-state index < -0.39 is 0 Å². The molecule has 4 nitrogen and oxygen atoms in total. The smallest absolute Gasteiger partial charge is 0.259 e. The van der Waals surface area contributed by atoms with Gasteiger partial charge in [0.2, 0.25) is 0 Å². The number of carbonyl (C=O) groups is 1. The van der Waals surface area contributed by atoms with E-state index >= 15 is 0 Å². The second-order valence-electron chi connectivity index (χ2n) is 1.36. The van der Waals surface area contributed by atoms with Crippen LogP contribution >= 0.6 is 0 Å². The Kier molecular flexibility index (Phi) is 0.867. The van der Waals surface area contributed by atoms with Crippen molar-refractivity contribution >= 4 is 6.03 Å². The first-order chi connectivity index (χ1) is 3.30. The highest BCUT2D eigenvalue weighted by atomic mass is 16.2. The van der Waals surface area contributed by atoms with Crippen LogP contribution in [0.5, 0.6) is 0 Å². The largest absolute Gasteiger partial charge is 0.353 e. The molecule has 1 rings (SSSR count). The zero-order valence-corrected chi connectivity index (χ0v) is 3.79. The first-order valence-electron chi connectivity index (χ1n) is 2.04. The topological polar surface area (TPSA) is 60.4 Å². The van der Waals surface area contributed by atoms with Crippen LogP contribution in [0.25, 0.3) is 0 Å². The van der Waals surface area contributed by atoms with E-state index in [2.05, 4.69) is 5.32 Å². The number of nitrogens with zero attached hydrogens (tertiary/aromatic N) is 2. The molecule has 0 aromatic rings. The summed E-state index contributed by atoms with van der Waals surface area (Å²) in [7, 11) is 0. The van der Waals surface area contributed by atoms with Crippen LogP contribution in [0.1, 0.15) is 0 Å². The highest BCUT2D eigenvalue weighted by molar-refractivity contribution is 5.74. The van der Waals surface area contributed by atoms with Crippen molar-refractivity contribution in [3.8, 4) is 0 Å². The van der Waals surface area contributed by atoms with Gasteiger partial charge >= 0.3 is 6.03 Å². The molecule has 0 unspecified atom stereocenters. The van der Waals surface area contributed by atoms with Crippen molar-refractivity contribution in [2.75, 3.05) is 13.1 Å². The molecule has 0 bridgehead atoms. The Labute approximate surface area is 41.2 Å². The molecule has 1 heterocycles. The van der Waals surface area contributed by atoms with E-state index in [0.717, 1.165) is 5.01 Å². The van der Waals surface area contributed by atoms with Gasteiger partial charge < -0.3 is 0 Å². The van der Waals surface area contributed by atoms with Crippen molar-refractivity contribution in [3.63, 3.8) is 0 Å². The van der Waals surface area contributed by atoms with E-state index in [1.807, 2.05) is 0 Å². The van der Waals surface area contributed by atoms with Crippen LogP contribution in [-0.2, 0) is 0 Å². The van der Waals surface area contributed by atoms with E-state index in [9.17, 15) is 4.79 Å². The van der Waals surface area contributed by atoms with E-state index in [4.69, 9.17) is 5.84 Å². The molecule has 2 N–H and O–H groups in total. The predicted molar refractivity (Wildman–Crippen MR) is 23.3 cm³/mol. The van der Waals surface area contributed by atoms with Gasteiger partial charge in [0, 0.05) is 0 Å². The third kappa shape index (κ3) is 0.640. The molecule has 7 heavy (non-hydrogen) atoms. The van der Waals surface area contributed by atoms with Crippen molar-refractivity contribution in [3.05, 3.63) is 0 Å². The minimum Gasteiger partial charge on any atom is -0.259 e. The fourth-order valence-electron chi connectivity index (χ4n) is 0.440. The summed E-state index contributed by atoms with van der Waals surface area (Å²) in [5, 5.41) is 4.58. The zero-order valence-electron chi connectivity index (χ0n) is 3.79. The maximum atomic E-state index is 10.2. The zero-order chi connectivity index (χ0) is 5.28. The third-order valence-electron chi connectivity index (χ3n) is 0.834. The van der Waals surface area contributed by atoms with Crippen molar-refractivity contribution in [2.45, 2.75) is 0 Å². The lowest BCUT2D eigenvalue weighted by Gasteiger charge is -2.00. The van der Waals surface area contributed by atoms with E-state index in [1.165, 1.54) is 0 Å². The minimum absolute atomic E-state index is 0.306. The average Bonchev–Trinajstić information content (AvgIpc) is 1.91. The van der Waals surface area contributed by atoms with Crippen LogP contribution in [-0.4, -0.2) is 24.1 Å². The van der Waals surface area contributed by atoms with Crippen LogP contribution in [0.15, 0.2) is 0 Å². The predicted octanol–water partition coefficient (Wildman–Crippen LogP) is -1.10. The lowest BCUT2D eigenvalue weighted by Crippen LogP contribution is -2.32. The Morgan fingerprint density at radius 2 is 2.57 bits per heavy atom. The normalized spacial score (nSPS) is 20.1. The van der Waals surface area contributed by atoms with Crippen molar-refractivity contribution < 1.29 is 4.79 Å². The van der Waals surface area contributed by atoms with Crippen LogP contribution in [0.3, 0.4) is 0 Å². The van der Waals surface area contributed by atoms with Crippen molar-refractivity contribution in [2.24, 2.45) is 5.84 Å². The molecular formula is C3H6N3O. The molecule has 1 radical (unpaired) electrons. The fraction of sp³-hybridized carbons (Fsp3) is 0.667. The van der Waals surface area contributed by atoms with Crippen LogP contribution in [0.4, 0.5) is 4.79 Å². The van der Waals surface area contributed by atoms with Gasteiger partial charge in [-0.05, 0) is 0 Å². The van der Waals surface area contributed by atoms with Crippen molar-refractivity contribution in [1.29, 1.82) is 0 Å². The highest BCUT2D eigenvalue weighted by Gasteiger charge is 2.16. The Bertz CT molecular complexity index is 92.2. The summed E-state index contributed by atoms with van der Waals surface area (Å²) in [6, 6.07) is -0.306. The first-order valence-corrected chi connectivity index (χ1v) is 2.04. The molecule has 1 aliphatic heterocycles. The number of carbonyl (C=O) groups excluding carboxylic acids is 1. The van der Waals surface area contributed by atoms with E-state index in [1.54, 1.807) is 0 Å². The molecular weight excluding hydrogens is 94.1 g/mol. The van der Waals surface area contributed by atoms with Gasteiger partial charge in [-0.25, -0.2) is 16.0 Å². The molecule has 0 aromatic heterocycles. The van der Waals surface area contributed by atoms with Gasteiger partial charge in [-0.2, -0.15) is 0 Å². The maximum Gasteiger partial charge on any atom is 0.353 e. The van der Waals surface area contributed by atoms with Gasteiger partial charge in [0.05, 0.1) is 13.1 Å². The maximum absolute atomic E-state index is 10.2. The lowest BCUT2D eigenvalue weighted by atomic mass is 10.7. The summed E-state index contributed by atoms with van der Waals surface area (Å²) in [6.45, 7) is 1.12. The van der Waals surface area contributed by atoms with Gasteiger partial charge in [-0.1, -0.05) is 0 Å². The molecule has 4 heteroatoms. The Hall–Kier alpha value is -0.770. The van der Waals surface area contributed by atoms with Gasteiger partial charge in [0.1, 0.15) is 0 Å². The Morgan fingerprint density at radius 1 is 1.86 bits per heavy atom. The SMILES string of the molecule is NN1CC[N]C1=O. The van der Waals surface area contributed by atoms with E-state index in [-0.39, 0.29) is 6.03 Å². The van der Waals surface area contributed by atoms with Gasteiger partial charge in [0.15, 0.2) is 0 Å². The Balaban J connectivity index is 2.48. The minimum atomic E-state index is -0.306. The second-order valence-corrected chi connectivity index (χ2v) is 1.36. The molecule has 0 spiro atoms.